The van der Waals surface area contributed by atoms with Crippen LogP contribution in [0.5, 0.6) is 17.2 Å². The van der Waals surface area contributed by atoms with E-state index in [9.17, 15) is 9.59 Å². The minimum Gasteiger partial charge on any atom is -0.493 e. The van der Waals surface area contributed by atoms with Gasteiger partial charge in [0.1, 0.15) is 6.29 Å². The molecule has 1 aromatic rings. The first-order valence-electron chi connectivity index (χ1n) is 5.14. The normalized spacial score (nSPS) is 11.5. The van der Waals surface area contributed by atoms with Crippen LogP contribution in [0.2, 0.25) is 0 Å². The number of rotatable bonds is 6. The van der Waals surface area contributed by atoms with E-state index in [2.05, 4.69) is 0 Å². The molecule has 0 spiro atoms. The maximum absolute atomic E-state index is 10.8. The predicted molar refractivity (Wildman–Crippen MR) is 62.7 cm³/mol. The van der Waals surface area contributed by atoms with Crippen LogP contribution in [0.25, 0.3) is 0 Å². The van der Waals surface area contributed by atoms with Crippen molar-refractivity contribution in [3.05, 3.63) is 17.7 Å². The third kappa shape index (κ3) is 2.91. The first kappa shape index (κ1) is 13.8. The number of carboxylic acids is 1. The molecule has 0 aromatic heterocycles. The van der Waals surface area contributed by atoms with Gasteiger partial charge in [-0.25, -0.2) is 4.79 Å². The van der Waals surface area contributed by atoms with Crippen LogP contribution in [0.15, 0.2) is 12.1 Å². The molecule has 0 bridgehead atoms. The molecule has 1 rings (SSSR count). The molecule has 0 amide bonds. The Morgan fingerprint density at radius 2 is 1.78 bits per heavy atom. The number of carbonyl (C=O) groups excluding carboxylic acids is 1. The number of ether oxygens (including phenoxy) is 3. The van der Waals surface area contributed by atoms with E-state index < -0.39 is 12.1 Å². The van der Waals surface area contributed by atoms with E-state index >= 15 is 0 Å². The number of hydrogen-bond acceptors (Lipinski definition) is 5. The molecule has 0 aliphatic carbocycles. The van der Waals surface area contributed by atoms with Crippen LogP contribution in [0.4, 0.5) is 0 Å². The molecule has 1 N–H and O–H groups in total. The molecule has 6 heteroatoms. The molecule has 1 atom stereocenters. The highest BCUT2D eigenvalue weighted by atomic mass is 16.6. The van der Waals surface area contributed by atoms with E-state index in [0.717, 1.165) is 0 Å². The molecule has 0 aliphatic heterocycles. The topological polar surface area (TPSA) is 82.1 Å². The number of aldehydes is 1. The molecule has 0 fully saturated rings. The van der Waals surface area contributed by atoms with Crippen molar-refractivity contribution in [1.82, 2.24) is 0 Å². The molecular weight excluding hydrogens is 240 g/mol. The highest BCUT2D eigenvalue weighted by molar-refractivity contribution is 5.79. The molecule has 0 aliphatic rings. The van der Waals surface area contributed by atoms with Gasteiger partial charge in [0.2, 0.25) is 5.75 Å². The molecule has 0 saturated carbocycles. The minimum absolute atomic E-state index is 0.153. The quantitative estimate of drug-likeness (QED) is 0.772. The fraction of sp³-hybridized carbons (Fsp3) is 0.333. The maximum Gasteiger partial charge on any atom is 0.344 e. The Morgan fingerprint density at radius 1 is 1.28 bits per heavy atom. The highest BCUT2D eigenvalue weighted by Gasteiger charge is 2.20. The summed E-state index contributed by atoms with van der Waals surface area (Å²) in [6, 6.07) is 2.89. The number of aliphatic carboxylic acids is 1. The zero-order valence-corrected chi connectivity index (χ0v) is 10.3. The second-order valence-corrected chi connectivity index (χ2v) is 3.47. The van der Waals surface area contributed by atoms with Crippen molar-refractivity contribution < 1.29 is 28.9 Å². The standard InChI is InChI=1S/C12H14O6/c1-7(12(14)15)18-11-9(16-2)4-8(6-13)5-10(11)17-3/h4-7H,1-3H3,(H,14,15)/t7-/m1/s1. The van der Waals surface area contributed by atoms with Gasteiger partial charge in [0, 0.05) is 5.56 Å². The number of methoxy groups -OCH3 is 2. The van der Waals surface area contributed by atoms with E-state index in [0.29, 0.717) is 11.8 Å². The maximum atomic E-state index is 10.8. The van der Waals surface area contributed by atoms with E-state index in [-0.39, 0.29) is 17.2 Å². The summed E-state index contributed by atoms with van der Waals surface area (Å²) in [5, 5.41) is 8.81. The number of carboxylic acid groups (broad SMARTS) is 1. The van der Waals surface area contributed by atoms with Crippen molar-refractivity contribution in [1.29, 1.82) is 0 Å². The second-order valence-electron chi connectivity index (χ2n) is 3.47. The van der Waals surface area contributed by atoms with Gasteiger partial charge in [-0.05, 0) is 19.1 Å². The average Bonchev–Trinajstić information content (AvgIpc) is 2.38. The monoisotopic (exact) mass is 254 g/mol. The fourth-order valence-corrected chi connectivity index (χ4v) is 1.31. The van der Waals surface area contributed by atoms with E-state index in [4.69, 9.17) is 19.3 Å². The van der Waals surface area contributed by atoms with Crippen LogP contribution in [0, 0.1) is 0 Å². The van der Waals surface area contributed by atoms with Crippen LogP contribution in [0.1, 0.15) is 17.3 Å². The van der Waals surface area contributed by atoms with Crippen molar-refractivity contribution >= 4 is 12.3 Å². The smallest absolute Gasteiger partial charge is 0.344 e. The molecule has 0 saturated heterocycles. The van der Waals surface area contributed by atoms with E-state index in [1.807, 2.05) is 0 Å². The lowest BCUT2D eigenvalue weighted by atomic mass is 10.2. The minimum atomic E-state index is -1.11. The molecule has 18 heavy (non-hydrogen) atoms. The molecule has 6 nitrogen and oxygen atoms in total. The number of hydrogen-bond donors (Lipinski definition) is 1. The van der Waals surface area contributed by atoms with Crippen molar-refractivity contribution in [3.8, 4) is 17.2 Å². The van der Waals surface area contributed by atoms with Gasteiger partial charge < -0.3 is 19.3 Å². The van der Waals surface area contributed by atoms with Crippen LogP contribution < -0.4 is 14.2 Å². The first-order chi connectivity index (χ1) is 8.53. The van der Waals surface area contributed by atoms with Crippen LogP contribution in [-0.2, 0) is 4.79 Å². The molecular formula is C12H14O6. The van der Waals surface area contributed by atoms with Crippen molar-refractivity contribution in [2.75, 3.05) is 14.2 Å². The summed E-state index contributed by atoms with van der Waals surface area (Å²) in [4.78, 5) is 21.5. The summed E-state index contributed by atoms with van der Waals surface area (Å²) in [7, 11) is 2.78. The zero-order chi connectivity index (χ0) is 13.7. The lowest BCUT2D eigenvalue weighted by Crippen LogP contribution is -2.23. The Kier molecular flexibility index (Phi) is 4.53. The predicted octanol–water partition coefficient (Wildman–Crippen LogP) is 1.37. The average molecular weight is 254 g/mol. The lowest BCUT2D eigenvalue weighted by Gasteiger charge is -2.17. The molecule has 98 valence electrons. The largest absolute Gasteiger partial charge is 0.493 e. The van der Waals surface area contributed by atoms with Crippen molar-refractivity contribution in [2.45, 2.75) is 13.0 Å². The molecule has 0 unspecified atom stereocenters. The molecule has 1 aromatic carbocycles. The van der Waals surface area contributed by atoms with Gasteiger partial charge >= 0.3 is 5.97 Å². The summed E-state index contributed by atoms with van der Waals surface area (Å²) in [5.41, 5.74) is 0.346. The van der Waals surface area contributed by atoms with Gasteiger partial charge in [-0.15, -0.1) is 0 Å². The van der Waals surface area contributed by atoms with Gasteiger partial charge in [0.05, 0.1) is 14.2 Å². The number of benzene rings is 1. The summed E-state index contributed by atoms with van der Waals surface area (Å²) in [6.07, 6.45) is -0.426. The SMILES string of the molecule is COc1cc(C=O)cc(OC)c1O[C@H](C)C(=O)O. The van der Waals surface area contributed by atoms with Crippen LogP contribution in [-0.4, -0.2) is 37.7 Å². The Bertz CT molecular complexity index is 429. The van der Waals surface area contributed by atoms with Gasteiger partial charge in [-0.3, -0.25) is 4.79 Å². The van der Waals surface area contributed by atoms with Gasteiger partial charge in [-0.2, -0.15) is 0 Å². The third-order valence-corrected chi connectivity index (χ3v) is 2.26. The van der Waals surface area contributed by atoms with Crippen molar-refractivity contribution in [3.63, 3.8) is 0 Å². The molecule has 0 heterocycles. The Morgan fingerprint density at radius 3 is 2.11 bits per heavy atom. The highest BCUT2D eigenvalue weighted by Crippen LogP contribution is 2.38. The molecule has 0 radical (unpaired) electrons. The summed E-state index contributed by atoms with van der Waals surface area (Å²) in [5.74, 6) is -0.479. The van der Waals surface area contributed by atoms with Crippen LogP contribution >= 0.6 is 0 Å². The first-order valence-corrected chi connectivity index (χ1v) is 5.14. The Hall–Kier alpha value is -2.24. The second kappa shape index (κ2) is 5.90. The third-order valence-electron chi connectivity index (χ3n) is 2.26. The van der Waals surface area contributed by atoms with Crippen LogP contribution in [0.3, 0.4) is 0 Å². The zero-order valence-electron chi connectivity index (χ0n) is 10.3. The Balaban J connectivity index is 3.22. The van der Waals surface area contributed by atoms with Gasteiger partial charge in [0.15, 0.2) is 17.6 Å². The fourth-order valence-electron chi connectivity index (χ4n) is 1.31. The van der Waals surface area contributed by atoms with E-state index in [1.165, 1.54) is 33.3 Å². The summed E-state index contributed by atoms with van der Waals surface area (Å²) < 4.78 is 15.4. The van der Waals surface area contributed by atoms with Crippen molar-refractivity contribution in [2.24, 2.45) is 0 Å². The van der Waals surface area contributed by atoms with Gasteiger partial charge in [-0.1, -0.05) is 0 Å². The number of carbonyl (C=O) groups is 2. The summed E-state index contributed by atoms with van der Waals surface area (Å²) >= 11 is 0. The van der Waals surface area contributed by atoms with Gasteiger partial charge in [0.25, 0.3) is 0 Å². The van der Waals surface area contributed by atoms with E-state index in [1.54, 1.807) is 0 Å². The lowest BCUT2D eigenvalue weighted by molar-refractivity contribution is -0.144. The Labute approximate surface area is 104 Å². The summed E-state index contributed by atoms with van der Waals surface area (Å²) in [6.45, 7) is 1.38.